The Balaban J connectivity index is 1.73. The Morgan fingerprint density at radius 3 is 2.73 bits per heavy atom. The third-order valence-corrected chi connectivity index (χ3v) is 5.55. The lowest BCUT2D eigenvalue weighted by atomic mass is 10.1. The third-order valence-electron chi connectivity index (χ3n) is 3.67. The highest BCUT2D eigenvalue weighted by atomic mass is 32.2. The fourth-order valence-electron chi connectivity index (χ4n) is 2.56. The molecule has 1 fully saturated rings. The maximum atomic E-state index is 12.6. The number of nitrogens with zero attached hydrogens (tertiary/aromatic N) is 2. The Morgan fingerprint density at radius 2 is 2.00 bits per heavy atom. The number of morpholine rings is 1. The van der Waals surface area contributed by atoms with E-state index in [2.05, 4.69) is 4.98 Å². The molecular weight excluding hydrogens is 300 g/mol. The molecule has 116 valence electrons. The summed E-state index contributed by atoms with van der Waals surface area (Å²) >= 11 is 0. The summed E-state index contributed by atoms with van der Waals surface area (Å²) < 4.78 is 32.5. The molecule has 1 aliphatic heterocycles. The Morgan fingerprint density at radius 1 is 1.18 bits per heavy atom. The molecule has 0 amide bonds. The zero-order valence-electron chi connectivity index (χ0n) is 12.1. The summed E-state index contributed by atoms with van der Waals surface area (Å²) in [6, 6.07) is 12.4. The molecule has 2 aromatic rings. The molecule has 22 heavy (non-hydrogen) atoms. The van der Waals surface area contributed by atoms with Gasteiger partial charge in [0.1, 0.15) is 0 Å². The second kappa shape index (κ2) is 6.56. The molecule has 2 heterocycles. The van der Waals surface area contributed by atoms with Gasteiger partial charge in [-0.1, -0.05) is 24.3 Å². The van der Waals surface area contributed by atoms with Crippen molar-refractivity contribution in [3.63, 3.8) is 0 Å². The summed E-state index contributed by atoms with van der Waals surface area (Å²) in [4.78, 5) is 4.41. The summed E-state index contributed by atoms with van der Waals surface area (Å²) in [5.74, 6) is 0. The maximum absolute atomic E-state index is 12.6. The molecule has 1 saturated heterocycles. The SMILES string of the molecule is O=S(=O)(c1ccccc1)N1CCO[C@@H](Cc2cccnc2)C1. The first-order valence-corrected chi connectivity index (χ1v) is 8.66. The number of benzene rings is 1. The number of pyridine rings is 1. The molecular formula is C16H18N2O3S. The van der Waals surface area contributed by atoms with Crippen LogP contribution >= 0.6 is 0 Å². The second-order valence-electron chi connectivity index (χ2n) is 5.23. The molecule has 1 aliphatic rings. The average Bonchev–Trinajstić information content (AvgIpc) is 2.57. The fraction of sp³-hybridized carbons (Fsp3) is 0.312. The molecule has 0 saturated carbocycles. The summed E-state index contributed by atoms with van der Waals surface area (Å²) in [5.41, 5.74) is 1.05. The molecule has 0 unspecified atom stereocenters. The molecule has 0 radical (unpaired) electrons. The average molecular weight is 318 g/mol. The smallest absolute Gasteiger partial charge is 0.243 e. The van der Waals surface area contributed by atoms with Gasteiger partial charge >= 0.3 is 0 Å². The number of sulfonamides is 1. The third kappa shape index (κ3) is 3.35. The van der Waals surface area contributed by atoms with Crippen LogP contribution in [0.2, 0.25) is 0 Å². The standard InChI is InChI=1S/C16H18N2O3S/c19-22(20,16-6-2-1-3-7-16)18-9-10-21-15(13-18)11-14-5-4-8-17-12-14/h1-8,12,15H,9-11,13H2/t15-/m0/s1. The van der Waals surface area contributed by atoms with E-state index in [1.54, 1.807) is 36.7 Å². The number of rotatable bonds is 4. The zero-order chi connectivity index (χ0) is 15.4. The van der Waals surface area contributed by atoms with E-state index in [-0.39, 0.29) is 6.10 Å². The van der Waals surface area contributed by atoms with Crippen LogP contribution in [0.25, 0.3) is 0 Å². The Bertz CT molecular complexity index is 705. The molecule has 5 nitrogen and oxygen atoms in total. The first kappa shape index (κ1) is 15.1. The normalized spacial score (nSPS) is 19.9. The number of ether oxygens (including phenoxy) is 1. The van der Waals surface area contributed by atoms with Gasteiger partial charge in [-0.15, -0.1) is 0 Å². The lowest BCUT2D eigenvalue weighted by Crippen LogP contribution is -2.46. The van der Waals surface area contributed by atoms with Crippen LogP contribution in [-0.2, 0) is 21.2 Å². The highest BCUT2D eigenvalue weighted by molar-refractivity contribution is 7.89. The van der Waals surface area contributed by atoms with Crippen molar-refractivity contribution in [3.05, 3.63) is 60.4 Å². The van der Waals surface area contributed by atoms with Gasteiger partial charge in [0.15, 0.2) is 0 Å². The minimum Gasteiger partial charge on any atom is -0.375 e. The van der Waals surface area contributed by atoms with Crippen molar-refractivity contribution in [2.24, 2.45) is 0 Å². The van der Waals surface area contributed by atoms with Gasteiger partial charge in [0.05, 0.1) is 17.6 Å². The van der Waals surface area contributed by atoms with Crippen molar-refractivity contribution in [2.45, 2.75) is 17.4 Å². The van der Waals surface area contributed by atoms with Crippen LogP contribution in [0.3, 0.4) is 0 Å². The van der Waals surface area contributed by atoms with Crippen LogP contribution < -0.4 is 0 Å². The van der Waals surface area contributed by atoms with E-state index in [0.29, 0.717) is 31.0 Å². The van der Waals surface area contributed by atoms with Crippen molar-refractivity contribution >= 4 is 10.0 Å². The molecule has 1 aromatic heterocycles. The maximum Gasteiger partial charge on any atom is 0.243 e. The number of hydrogen-bond acceptors (Lipinski definition) is 4. The Kier molecular flexibility index (Phi) is 4.52. The van der Waals surface area contributed by atoms with Gasteiger partial charge in [0, 0.05) is 31.9 Å². The van der Waals surface area contributed by atoms with Crippen LogP contribution in [0.1, 0.15) is 5.56 Å². The van der Waals surface area contributed by atoms with Crippen molar-refractivity contribution in [2.75, 3.05) is 19.7 Å². The number of aromatic nitrogens is 1. The predicted molar refractivity (Wildman–Crippen MR) is 82.9 cm³/mol. The van der Waals surface area contributed by atoms with Crippen molar-refractivity contribution in [3.8, 4) is 0 Å². The molecule has 6 heteroatoms. The molecule has 0 bridgehead atoms. The molecule has 1 aromatic carbocycles. The minimum atomic E-state index is -3.45. The lowest BCUT2D eigenvalue weighted by Gasteiger charge is -2.32. The Labute approximate surface area is 130 Å². The van der Waals surface area contributed by atoms with E-state index in [1.165, 1.54) is 4.31 Å². The molecule has 3 rings (SSSR count). The van der Waals surface area contributed by atoms with E-state index < -0.39 is 10.0 Å². The topological polar surface area (TPSA) is 59.5 Å². The van der Waals surface area contributed by atoms with Gasteiger partial charge in [0.25, 0.3) is 0 Å². The van der Waals surface area contributed by atoms with Crippen molar-refractivity contribution in [1.29, 1.82) is 0 Å². The highest BCUT2D eigenvalue weighted by Gasteiger charge is 2.30. The molecule has 0 aliphatic carbocycles. The van der Waals surface area contributed by atoms with Crippen molar-refractivity contribution < 1.29 is 13.2 Å². The minimum absolute atomic E-state index is 0.142. The van der Waals surface area contributed by atoms with Gasteiger partial charge < -0.3 is 4.74 Å². The van der Waals surface area contributed by atoms with E-state index in [0.717, 1.165) is 5.56 Å². The van der Waals surface area contributed by atoms with Crippen LogP contribution in [0.15, 0.2) is 59.8 Å². The van der Waals surface area contributed by atoms with E-state index in [1.807, 2.05) is 18.2 Å². The fourth-order valence-corrected chi connectivity index (χ4v) is 4.03. The van der Waals surface area contributed by atoms with Gasteiger partial charge in [-0.25, -0.2) is 8.42 Å². The summed E-state index contributed by atoms with van der Waals surface area (Å²) in [6.45, 7) is 1.17. The summed E-state index contributed by atoms with van der Waals surface area (Å²) in [7, 11) is -3.45. The first-order chi connectivity index (χ1) is 10.7. The van der Waals surface area contributed by atoms with E-state index in [4.69, 9.17) is 4.74 Å². The Hall–Kier alpha value is -1.76. The predicted octanol–water partition coefficient (Wildman–Crippen LogP) is 1.71. The monoisotopic (exact) mass is 318 g/mol. The quantitative estimate of drug-likeness (QED) is 0.861. The van der Waals surface area contributed by atoms with Gasteiger partial charge in [-0.2, -0.15) is 4.31 Å². The largest absolute Gasteiger partial charge is 0.375 e. The van der Waals surface area contributed by atoms with Gasteiger partial charge in [-0.05, 0) is 23.8 Å². The van der Waals surface area contributed by atoms with Crippen molar-refractivity contribution in [1.82, 2.24) is 9.29 Å². The first-order valence-electron chi connectivity index (χ1n) is 7.22. The number of hydrogen-bond donors (Lipinski definition) is 0. The van der Waals surface area contributed by atoms with Gasteiger partial charge in [0.2, 0.25) is 10.0 Å². The summed E-state index contributed by atoms with van der Waals surface area (Å²) in [5, 5.41) is 0. The molecule has 0 spiro atoms. The molecule has 1 atom stereocenters. The van der Waals surface area contributed by atoms with Crippen LogP contribution in [0.5, 0.6) is 0 Å². The summed E-state index contributed by atoms with van der Waals surface area (Å²) in [6.07, 6.45) is 4.02. The zero-order valence-corrected chi connectivity index (χ0v) is 12.9. The lowest BCUT2D eigenvalue weighted by molar-refractivity contribution is -0.000533. The van der Waals surface area contributed by atoms with Crippen LogP contribution in [0.4, 0.5) is 0 Å². The van der Waals surface area contributed by atoms with Gasteiger partial charge in [-0.3, -0.25) is 4.98 Å². The van der Waals surface area contributed by atoms with E-state index in [9.17, 15) is 8.42 Å². The van der Waals surface area contributed by atoms with Crippen LogP contribution in [-0.4, -0.2) is 43.5 Å². The van der Waals surface area contributed by atoms with Crippen LogP contribution in [0, 0.1) is 0 Å². The highest BCUT2D eigenvalue weighted by Crippen LogP contribution is 2.19. The van der Waals surface area contributed by atoms with E-state index >= 15 is 0 Å². The second-order valence-corrected chi connectivity index (χ2v) is 7.17. The molecule has 0 N–H and O–H groups in total.